The van der Waals surface area contributed by atoms with Gasteiger partial charge in [0.25, 0.3) is 5.91 Å². The van der Waals surface area contributed by atoms with Crippen LogP contribution in [0.3, 0.4) is 0 Å². The first-order chi connectivity index (χ1) is 17.1. The van der Waals surface area contributed by atoms with Crippen molar-refractivity contribution in [1.82, 2.24) is 20.2 Å². The molecule has 4 heterocycles. The number of fused-ring (bicyclic) bond motifs is 4. The summed E-state index contributed by atoms with van der Waals surface area (Å²) in [6.45, 7) is 0.657. The third kappa shape index (κ3) is 3.61. The van der Waals surface area contributed by atoms with Crippen molar-refractivity contribution < 1.29 is 18.4 Å². The molecule has 0 saturated heterocycles. The average molecular weight is 470 g/mol. The van der Waals surface area contributed by atoms with Crippen molar-refractivity contribution in [2.75, 3.05) is 12.4 Å². The number of carbonyl (C=O) groups excluding carboxylic acids is 2. The molecule has 9 nitrogen and oxygen atoms in total. The number of aromatic amines is 1. The molecule has 0 aliphatic carbocycles. The number of carbonyl (C=O) groups is 2. The summed E-state index contributed by atoms with van der Waals surface area (Å²) in [5.74, 6) is -0.317. The Hall–Kier alpha value is -4.53. The number of amides is 2. The third-order valence-corrected chi connectivity index (χ3v) is 6.57. The highest BCUT2D eigenvalue weighted by atomic mass is 16.3. The summed E-state index contributed by atoms with van der Waals surface area (Å²) < 4.78 is 11.0. The Morgan fingerprint density at radius 1 is 1.17 bits per heavy atom. The largest absolute Gasteiger partial charge is 0.459 e. The van der Waals surface area contributed by atoms with Gasteiger partial charge in [-0.15, -0.1) is 0 Å². The lowest BCUT2D eigenvalue weighted by Crippen LogP contribution is -2.52. The number of hydrogen-bond donors (Lipinski definition) is 3. The first-order valence-electron chi connectivity index (χ1n) is 11.4. The predicted octanol–water partition coefficient (Wildman–Crippen LogP) is 3.83. The van der Waals surface area contributed by atoms with Gasteiger partial charge >= 0.3 is 0 Å². The first-order valence-corrected chi connectivity index (χ1v) is 11.4. The summed E-state index contributed by atoms with van der Waals surface area (Å²) in [4.78, 5) is 35.6. The fraction of sp³-hybridized carbons (Fsp3) is 0.192. The van der Waals surface area contributed by atoms with Crippen molar-refractivity contribution in [1.29, 1.82) is 0 Å². The number of likely N-dealkylation sites (N-methyl/N-ethyl adjacent to an activating group) is 1. The third-order valence-electron chi connectivity index (χ3n) is 6.57. The van der Waals surface area contributed by atoms with Crippen LogP contribution in [0.4, 0.5) is 5.69 Å². The van der Waals surface area contributed by atoms with Crippen molar-refractivity contribution in [3.8, 4) is 0 Å². The zero-order valence-corrected chi connectivity index (χ0v) is 19.0. The second-order valence-electron chi connectivity index (χ2n) is 8.56. The van der Waals surface area contributed by atoms with Crippen LogP contribution in [0.2, 0.25) is 0 Å². The minimum absolute atomic E-state index is 0.208. The monoisotopic (exact) mass is 469 g/mol. The molecule has 6 rings (SSSR count). The van der Waals surface area contributed by atoms with Gasteiger partial charge in [-0.05, 0) is 29.8 Å². The molecule has 1 atom stereocenters. The Morgan fingerprint density at radius 3 is 2.94 bits per heavy atom. The number of hydrogen-bond acceptors (Lipinski definition) is 6. The van der Waals surface area contributed by atoms with Crippen LogP contribution in [0.5, 0.6) is 0 Å². The lowest BCUT2D eigenvalue weighted by molar-refractivity contribution is -0.125. The van der Waals surface area contributed by atoms with E-state index in [2.05, 4.69) is 20.6 Å². The van der Waals surface area contributed by atoms with Gasteiger partial charge in [0.1, 0.15) is 11.6 Å². The number of aromatic nitrogens is 2. The number of nitrogens with one attached hydrogen (secondary N) is 3. The standard InChI is InChI=1S/C26H23N5O4/c1-27-25(32)22-11-18-17-4-2-3-5-19(17)30-21(18)13-31(22)26(33)24-15(8-9-34-24)12-28-16-6-7-20-23(10-16)35-14-29-20/h2-10,14,22,28,30H,11-13H2,1H3,(H,27,32). The van der Waals surface area contributed by atoms with E-state index in [-0.39, 0.29) is 24.1 Å². The summed E-state index contributed by atoms with van der Waals surface area (Å²) >= 11 is 0. The van der Waals surface area contributed by atoms with Gasteiger partial charge in [-0.3, -0.25) is 9.59 Å². The molecule has 3 aromatic heterocycles. The molecule has 1 aliphatic rings. The zero-order valence-electron chi connectivity index (χ0n) is 19.0. The number of H-pyrrole nitrogens is 1. The molecule has 0 bridgehead atoms. The van der Waals surface area contributed by atoms with E-state index in [0.717, 1.165) is 33.4 Å². The van der Waals surface area contributed by atoms with E-state index in [0.29, 0.717) is 24.1 Å². The lowest BCUT2D eigenvalue weighted by atomic mass is 9.95. The number of anilines is 1. The number of furan rings is 1. The summed E-state index contributed by atoms with van der Waals surface area (Å²) in [5.41, 5.74) is 5.98. The highest BCUT2D eigenvalue weighted by Gasteiger charge is 2.38. The smallest absolute Gasteiger partial charge is 0.290 e. The van der Waals surface area contributed by atoms with E-state index in [4.69, 9.17) is 8.83 Å². The van der Waals surface area contributed by atoms with Crippen LogP contribution in [0, 0.1) is 0 Å². The molecule has 5 aromatic rings. The molecule has 35 heavy (non-hydrogen) atoms. The van der Waals surface area contributed by atoms with Gasteiger partial charge in [-0.1, -0.05) is 18.2 Å². The van der Waals surface area contributed by atoms with Gasteiger partial charge in [0.05, 0.1) is 12.8 Å². The van der Waals surface area contributed by atoms with Crippen LogP contribution in [0.25, 0.3) is 22.0 Å². The highest BCUT2D eigenvalue weighted by Crippen LogP contribution is 2.32. The second kappa shape index (κ2) is 8.35. The van der Waals surface area contributed by atoms with Crippen LogP contribution >= 0.6 is 0 Å². The minimum Gasteiger partial charge on any atom is -0.459 e. The molecule has 0 spiro atoms. The van der Waals surface area contributed by atoms with E-state index in [1.54, 1.807) is 18.0 Å². The first kappa shape index (κ1) is 21.0. The molecule has 0 radical (unpaired) electrons. The number of rotatable bonds is 5. The van der Waals surface area contributed by atoms with E-state index in [1.807, 2.05) is 42.5 Å². The number of para-hydroxylation sites is 1. The van der Waals surface area contributed by atoms with Gasteiger partial charge < -0.3 is 29.4 Å². The molecule has 2 amide bonds. The molecule has 0 fully saturated rings. The molecular weight excluding hydrogens is 446 g/mol. The second-order valence-corrected chi connectivity index (χ2v) is 8.56. The van der Waals surface area contributed by atoms with Gasteiger partial charge in [0.2, 0.25) is 5.91 Å². The van der Waals surface area contributed by atoms with Gasteiger partial charge in [0, 0.05) is 53.9 Å². The van der Waals surface area contributed by atoms with Gasteiger partial charge in [0.15, 0.2) is 17.7 Å². The predicted molar refractivity (Wildman–Crippen MR) is 130 cm³/mol. The minimum atomic E-state index is -0.640. The summed E-state index contributed by atoms with van der Waals surface area (Å²) in [6, 6.07) is 14.7. The SMILES string of the molecule is CNC(=O)C1Cc2c([nH]c3ccccc23)CN1C(=O)c1occc1CNc1ccc2ncoc2c1. The fourth-order valence-electron chi connectivity index (χ4n) is 4.78. The lowest BCUT2D eigenvalue weighted by Gasteiger charge is -2.34. The van der Waals surface area contributed by atoms with Crippen molar-refractivity contribution in [3.05, 3.63) is 83.8 Å². The molecule has 2 aromatic carbocycles. The molecule has 1 unspecified atom stereocenters. The van der Waals surface area contributed by atoms with Gasteiger partial charge in [-0.25, -0.2) is 4.98 Å². The average Bonchev–Trinajstić information content (AvgIpc) is 3.63. The van der Waals surface area contributed by atoms with E-state index in [1.165, 1.54) is 12.7 Å². The Balaban J connectivity index is 1.28. The van der Waals surface area contributed by atoms with E-state index < -0.39 is 6.04 Å². The Morgan fingerprint density at radius 2 is 2.06 bits per heavy atom. The Labute approximate surface area is 200 Å². The topological polar surface area (TPSA) is 116 Å². The molecule has 0 saturated carbocycles. The molecule has 1 aliphatic heterocycles. The quantitative estimate of drug-likeness (QED) is 0.360. The van der Waals surface area contributed by atoms with Crippen molar-refractivity contribution in [2.24, 2.45) is 0 Å². The Kier molecular flexibility index (Phi) is 5.02. The van der Waals surface area contributed by atoms with Crippen molar-refractivity contribution >= 4 is 39.5 Å². The van der Waals surface area contributed by atoms with Crippen molar-refractivity contribution in [2.45, 2.75) is 25.6 Å². The molecule has 3 N–H and O–H groups in total. The number of benzene rings is 2. The maximum Gasteiger partial charge on any atom is 0.290 e. The highest BCUT2D eigenvalue weighted by molar-refractivity contribution is 5.98. The summed E-state index contributed by atoms with van der Waals surface area (Å²) in [5, 5.41) is 7.09. The number of nitrogens with zero attached hydrogens (tertiary/aromatic N) is 2. The zero-order chi connectivity index (χ0) is 23.9. The van der Waals surface area contributed by atoms with Gasteiger partial charge in [-0.2, -0.15) is 0 Å². The normalized spacial score (nSPS) is 15.3. The van der Waals surface area contributed by atoms with E-state index >= 15 is 0 Å². The molecule has 9 heteroatoms. The maximum atomic E-state index is 13.7. The van der Waals surface area contributed by atoms with Crippen LogP contribution in [-0.2, 0) is 24.3 Å². The number of oxazole rings is 1. The molecule has 176 valence electrons. The van der Waals surface area contributed by atoms with Crippen LogP contribution in [0.15, 0.2) is 70.0 Å². The summed E-state index contributed by atoms with van der Waals surface area (Å²) in [6.07, 6.45) is 3.33. The van der Waals surface area contributed by atoms with Crippen LogP contribution in [-0.4, -0.2) is 39.8 Å². The van der Waals surface area contributed by atoms with Crippen LogP contribution in [0.1, 0.15) is 27.4 Å². The van der Waals surface area contributed by atoms with Crippen LogP contribution < -0.4 is 10.6 Å². The summed E-state index contributed by atoms with van der Waals surface area (Å²) in [7, 11) is 1.59. The Bertz CT molecular complexity index is 1560. The maximum absolute atomic E-state index is 13.7. The fourth-order valence-corrected chi connectivity index (χ4v) is 4.78. The molecular formula is C26H23N5O4. The van der Waals surface area contributed by atoms with E-state index in [9.17, 15) is 9.59 Å². The van der Waals surface area contributed by atoms with Crippen molar-refractivity contribution in [3.63, 3.8) is 0 Å².